The normalized spacial score (nSPS) is 17.1. The molecule has 1 saturated heterocycles. The van der Waals surface area contributed by atoms with Crippen LogP contribution < -0.4 is 14.4 Å². The number of benzene rings is 3. The molecule has 0 bridgehead atoms. The molecule has 1 aliphatic rings. The zero-order valence-electron chi connectivity index (χ0n) is 20.0. The topological polar surface area (TPSA) is 89.0 Å². The maximum atomic E-state index is 13.4. The maximum absolute atomic E-state index is 13.4. The zero-order chi connectivity index (χ0) is 25.4. The molecule has 1 amide bonds. The third-order valence-corrected chi connectivity index (χ3v) is 7.08. The van der Waals surface area contributed by atoms with Crippen LogP contribution in [-0.4, -0.2) is 35.5 Å². The van der Waals surface area contributed by atoms with Gasteiger partial charge in [-0.05, 0) is 49.7 Å². The van der Waals surface area contributed by atoms with Gasteiger partial charge in [0.25, 0.3) is 5.78 Å². The number of nitrogens with zero attached hydrogens (tertiary/aromatic N) is 2. The molecule has 4 aromatic rings. The highest BCUT2D eigenvalue weighted by Crippen LogP contribution is 2.44. The van der Waals surface area contributed by atoms with Crippen molar-refractivity contribution in [1.82, 2.24) is 4.98 Å². The Morgan fingerprint density at radius 1 is 1.03 bits per heavy atom. The number of ketones is 1. The Morgan fingerprint density at radius 3 is 2.39 bits per heavy atom. The Hall–Kier alpha value is -4.17. The molecule has 0 spiro atoms. The molecule has 5 rings (SSSR count). The quantitative estimate of drug-likeness (QED) is 0.209. The SMILES string of the molecule is CCOc1ccc([C@H]2/C(=C(\O)c3ccc(C)cc3)C(=O)C(=O)N2c2nc3ccc(OC)cc3s2)cc1. The summed E-state index contributed by atoms with van der Waals surface area (Å²) in [5.41, 5.74) is 2.83. The number of Topliss-reactive ketones (excluding diaryl/α,β-unsaturated/α-hetero) is 1. The summed E-state index contributed by atoms with van der Waals surface area (Å²) in [4.78, 5) is 32.8. The van der Waals surface area contributed by atoms with Crippen molar-refractivity contribution in [1.29, 1.82) is 0 Å². The lowest BCUT2D eigenvalue weighted by Crippen LogP contribution is -2.29. The number of aryl methyl sites for hydroxylation is 1. The van der Waals surface area contributed by atoms with Crippen molar-refractivity contribution in [3.8, 4) is 11.5 Å². The number of hydrogen-bond donors (Lipinski definition) is 1. The van der Waals surface area contributed by atoms with Crippen LogP contribution in [0.4, 0.5) is 5.13 Å². The number of carbonyl (C=O) groups excluding carboxylic acids is 2. The predicted molar refractivity (Wildman–Crippen MR) is 140 cm³/mol. The van der Waals surface area contributed by atoms with Crippen LogP contribution in [0, 0.1) is 6.92 Å². The van der Waals surface area contributed by atoms with Gasteiger partial charge in [-0.2, -0.15) is 0 Å². The highest BCUT2D eigenvalue weighted by Gasteiger charge is 2.48. The van der Waals surface area contributed by atoms with Gasteiger partial charge >= 0.3 is 5.91 Å². The van der Waals surface area contributed by atoms with Gasteiger partial charge in [0, 0.05) is 5.56 Å². The Morgan fingerprint density at radius 2 is 1.72 bits per heavy atom. The van der Waals surface area contributed by atoms with E-state index in [0.29, 0.717) is 39.9 Å². The Bertz CT molecular complexity index is 1490. The summed E-state index contributed by atoms with van der Waals surface area (Å²) in [5, 5.41) is 11.6. The molecule has 0 radical (unpaired) electrons. The van der Waals surface area contributed by atoms with E-state index in [0.717, 1.165) is 10.3 Å². The van der Waals surface area contributed by atoms with Crippen LogP contribution in [0.2, 0.25) is 0 Å². The number of thiazole rings is 1. The number of aromatic nitrogens is 1. The first-order valence-corrected chi connectivity index (χ1v) is 12.3. The summed E-state index contributed by atoms with van der Waals surface area (Å²) < 4.78 is 11.7. The molecule has 2 heterocycles. The van der Waals surface area contributed by atoms with E-state index in [-0.39, 0.29) is 11.3 Å². The number of anilines is 1. The number of fused-ring (bicyclic) bond motifs is 1. The van der Waals surface area contributed by atoms with Crippen LogP contribution in [0.1, 0.15) is 29.7 Å². The lowest BCUT2D eigenvalue weighted by molar-refractivity contribution is -0.132. The molecular weight excluding hydrogens is 476 g/mol. The van der Waals surface area contributed by atoms with Gasteiger partial charge in [-0.3, -0.25) is 14.5 Å². The lowest BCUT2D eigenvalue weighted by atomic mass is 9.95. The van der Waals surface area contributed by atoms with Crippen molar-refractivity contribution in [2.45, 2.75) is 19.9 Å². The molecule has 1 N–H and O–H groups in total. The van der Waals surface area contributed by atoms with E-state index in [1.165, 1.54) is 16.2 Å². The largest absolute Gasteiger partial charge is 0.507 e. The molecule has 7 nitrogen and oxygen atoms in total. The van der Waals surface area contributed by atoms with Gasteiger partial charge in [-0.1, -0.05) is 53.3 Å². The second kappa shape index (κ2) is 9.47. The summed E-state index contributed by atoms with van der Waals surface area (Å²) in [6, 6.07) is 18.9. The Kier molecular flexibility index (Phi) is 6.20. The fourth-order valence-electron chi connectivity index (χ4n) is 4.25. The van der Waals surface area contributed by atoms with Crippen molar-refractivity contribution < 1.29 is 24.2 Å². The van der Waals surface area contributed by atoms with E-state index in [1.807, 2.05) is 38.1 Å². The van der Waals surface area contributed by atoms with Crippen molar-refractivity contribution in [3.63, 3.8) is 0 Å². The molecule has 1 aliphatic heterocycles. The first-order chi connectivity index (χ1) is 17.4. The summed E-state index contributed by atoms with van der Waals surface area (Å²) in [6.45, 7) is 4.34. The third-order valence-electron chi connectivity index (χ3n) is 6.07. The molecule has 1 atom stereocenters. The lowest BCUT2D eigenvalue weighted by Gasteiger charge is -2.23. The number of aliphatic hydroxyl groups is 1. The minimum atomic E-state index is -0.857. The van der Waals surface area contributed by atoms with Crippen LogP contribution in [-0.2, 0) is 9.59 Å². The third kappa shape index (κ3) is 4.09. The monoisotopic (exact) mass is 500 g/mol. The van der Waals surface area contributed by atoms with Crippen molar-refractivity contribution in [2.24, 2.45) is 0 Å². The number of amides is 1. The summed E-state index contributed by atoms with van der Waals surface area (Å²) >= 11 is 1.28. The molecule has 3 aromatic carbocycles. The van der Waals surface area contributed by atoms with Gasteiger partial charge in [0.05, 0.1) is 35.5 Å². The second-order valence-corrected chi connectivity index (χ2v) is 9.38. The predicted octanol–water partition coefficient (Wildman–Crippen LogP) is 5.64. The van der Waals surface area contributed by atoms with Gasteiger partial charge in [-0.15, -0.1) is 0 Å². The van der Waals surface area contributed by atoms with Crippen LogP contribution in [0.5, 0.6) is 11.5 Å². The number of rotatable bonds is 6. The van der Waals surface area contributed by atoms with E-state index in [2.05, 4.69) is 4.98 Å². The van der Waals surface area contributed by atoms with Crippen molar-refractivity contribution in [2.75, 3.05) is 18.6 Å². The Balaban J connectivity index is 1.69. The van der Waals surface area contributed by atoms with E-state index in [1.54, 1.807) is 49.6 Å². The zero-order valence-corrected chi connectivity index (χ0v) is 20.8. The number of aliphatic hydroxyl groups excluding tert-OH is 1. The van der Waals surface area contributed by atoms with Gasteiger partial charge in [0.1, 0.15) is 17.3 Å². The highest BCUT2D eigenvalue weighted by atomic mass is 32.1. The van der Waals surface area contributed by atoms with E-state index in [9.17, 15) is 14.7 Å². The second-order valence-electron chi connectivity index (χ2n) is 8.37. The smallest absolute Gasteiger partial charge is 0.301 e. The minimum absolute atomic E-state index is 0.0184. The molecular formula is C28H24N2O5S. The average molecular weight is 501 g/mol. The molecule has 0 unspecified atom stereocenters. The molecule has 1 aromatic heterocycles. The van der Waals surface area contributed by atoms with Crippen LogP contribution in [0.15, 0.2) is 72.3 Å². The summed E-state index contributed by atoms with van der Waals surface area (Å²) in [5.74, 6) is -0.388. The minimum Gasteiger partial charge on any atom is -0.507 e. The Labute approximate surface area is 212 Å². The van der Waals surface area contributed by atoms with Crippen molar-refractivity contribution in [3.05, 3.63) is 89.0 Å². The van der Waals surface area contributed by atoms with Gasteiger partial charge in [0.15, 0.2) is 5.13 Å². The number of hydrogen-bond acceptors (Lipinski definition) is 7. The van der Waals surface area contributed by atoms with Crippen LogP contribution in [0.3, 0.4) is 0 Å². The summed E-state index contributed by atoms with van der Waals surface area (Å²) in [7, 11) is 1.58. The average Bonchev–Trinajstić information content (AvgIpc) is 3.42. The molecule has 182 valence electrons. The van der Waals surface area contributed by atoms with E-state index >= 15 is 0 Å². The van der Waals surface area contributed by atoms with E-state index in [4.69, 9.17) is 9.47 Å². The van der Waals surface area contributed by atoms with Gasteiger partial charge in [0.2, 0.25) is 0 Å². The number of carbonyl (C=O) groups is 2. The summed E-state index contributed by atoms with van der Waals surface area (Å²) in [6.07, 6.45) is 0. The first-order valence-electron chi connectivity index (χ1n) is 11.5. The number of methoxy groups -OCH3 is 1. The molecule has 8 heteroatoms. The van der Waals surface area contributed by atoms with Crippen LogP contribution in [0.25, 0.3) is 16.0 Å². The molecule has 36 heavy (non-hydrogen) atoms. The van der Waals surface area contributed by atoms with Gasteiger partial charge < -0.3 is 14.6 Å². The van der Waals surface area contributed by atoms with Crippen LogP contribution >= 0.6 is 11.3 Å². The highest BCUT2D eigenvalue weighted by molar-refractivity contribution is 7.22. The standard InChI is InChI=1S/C28H24N2O5S/c1-4-35-19-11-9-17(10-12-19)24-23(25(31)18-7-5-16(2)6-8-18)26(32)27(33)30(24)28-29-21-14-13-20(34-3)15-22(21)36-28/h5-15,24,31H,4H2,1-3H3/b25-23+/t24-/m0/s1. The maximum Gasteiger partial charge on any atom is 0.301 e. The molecule has 1 fully saturated rings. The fourth-order valence-corrected chi connectivity index (χ4v) is 5.27. The number of ether oxygens (including phenoxy) is 2. The first kappa shape index (κ1) is 23.6. The van der Waals surface area contributed by atoms with Gasteiger partial charge in [-0.25, -0.2) is 4.98 Å². The molecule has 0 saturated carbocycles. The molecule has 0 aliphatic carbocycles. The van der Waals surface area contributed by atoms with E-state index < -0.39 is 17.7 Å². The fraction of sp³-hybridized carbons (Fsp3) is 0.179. The van der Waals surface area contributed by atoms with Crippen molar-refractivity contribution >= 4 is 44.1 Å².